The van der Waals surface area contributed by atoms with Gasteiger partial charge in [0.1, 0.15) is 72.2 Å². The van der Waals surface area contributed by atoms with E-state index in [0.29, 0.717) is 50.5 Å². The highest BCUT2D eigenvalue weighted by Gasteiger charge is 2.75. The molecule has 24 atom stereocenters. The van der Waals surface area contributed by atoms with Gasteiger partial charge in [-0.05, 0) is 123 Å². The Kier molecular flexibility index (Phi) is 12.0. The minimum absolute atomic E-state index is 0.0582. The highest BCUT2D eigenvalue weighted by atomic mass is 16.8. The van der Waals surface area contributed by atoms with Crippen LogP contribution in [0.1, 0.15) is 113 Å². The number of hydrogen-bond acceptors (Lipinski definition) is 18. The molecule has 5 aliphatic carbocycles. The normalized spacial score (nSPS) is 57.4. The molecule has 5 aliphatic heterocycles. The second-order valence-electron chi connectivity index (χ2n) is 23.0. The van der Waals surface area contributed by atoms with Crippen molar-refractivity contribution in [1.29, 1.82) is 0 Å². The van der Waals surface area contributed by atoms with Crippen LogP contribution in [0.2, 0.25) is 0 Å². The second-order valence-corrected chi connectivity index (χ2v) is 23.0. The standard InChI is InChI=1S/C47H74O18/c1-20-28(51)30(53)32(55)37(60-20)64-35-34(63-38-33(56)31(54)29(52)23(18-48)61-38)22(50)19-59-39(35)62-26-10-11-42(4)24(41(26,2)3)9-12-43(5)25(42)17-21(49)27-36-46(8,58)45(7)14-16-47(36,40(57)65-45)15-13-44(27,43)6/h20-26,28-35,37-39,48-56,58H,9-19H2,1-8H3/t20-,21+,22-,23+,24-,25+,26-,28-,29+,30+,31-,32+,33+,34-,35+,37-,38-,39+,42-,43+,44+,45-,46-,47?/m0/s1. The predicted octanol–water partition coefficient (Wildman–Crippen LogP) is 0.0534. The summed E-state index contributed by atoms with van der Waals surface area (Å²) in [5.41, 5.74) is -3.57. The van der Waals surface area contributed by atoms with Crippen LogP contribution in [0, 0.1) is 38.9 Å². The van der Waals surface area contributed by atoms with Crippen molar-refractivity contribution < 1.29 is 89.0 Å². The quantitative estimate of drug-likeness (QED) is 0.0918. The maximum Gasteiger partial charge on any atom is 0.317 e. The Bertz CT molecular complexity index is 1880. The van der Waals surface area contributed by atoms with Gasteiger partial charge in [-0.3, -0.25) is 4.79 Å². The van der Waals surface area contributed by atoms with E-state index in [9.17, 15) is 55.9 Å². The van der Waals surface area contributed by atoms with Gasteiger partial charge < -0.3 is 84.2 Å². The lowest BCUT2D eigenvalue weighted by atomic mass is 9.33. The van der Waals surface area contributed by atoms with Gasteiger partial charge in [0.25, 0.3) is 0 Å². The minimum atomic E-state index is -1.82. The van der Waals surface area contributed by atoms with Crippen molar-refractivity contribution in [2.24, 2.45) is 38.9 Å². The molecule has 10 rings (SSSR count). The van der Waals surface area contributed by atoms with Crippen LogP contribution < -0.4 is 0 Å². The maximum absolute atomic E-state index is 13.8. The fourth-order valence-electron chi connectivity index (χ4n) is 15.3. The third kappa shape index (κ3) is 6.74. The highest BCUT2D eigenvalue weighted by molar-refractivity contribution is 5.86. The molecule has 9 fully saturated rings. The molecular weight excluding hydrogens is 852 g/mol. The van der Waals surface area contributed by atoms with Gasteiger partial charge >= 0.3 is 5.97 Å². The van der Waals surface area contributed by atoms with Crippen molar-refractivity contribution in [2.45, 2.75) is 223 Å². The number of rotatable bonds is 7. The van der Waals surface area contributed by atoms with Crippen molar-refractivity contribution in [1.82, 2.24) is 0 Å². The van der Waals surface area contributed by atoms with Crippen molar-refractivity contribution in [3.8, 4) is 0 Å². The van der Waals surface area contributed by atoms with Crippen LogP contribution in [-0.4, -0.2) is 180 Å². The first kappa shape index (κ1) is 48.6. The number of carbonyl (C=O) groups excluding carboxylic acids is 1. The van der Waals surface area contributed by atoms with Gasteiger partial charge in [0.2, 0.25) is 0 Å². The minimum Gasteiger partial charge on any atom is -0.455 e. The van der Waals surface area contributed by atoms with E-state index >= 15 is 0 Å². The van der Waals surface area contributed by atoms with Crippen LogP contribution in [0.5, 0.6) is 0 Å². The zero-order chi connectivity index (χ0) is 47.4. The molecule has 65 heavy (non-hydrogen) atoms. The summed E-state index contributed by atoms with van der Waals surface area (Å²) in [4.78, 5) is 13.8. The molecule has 0 aromatic rings. The van der Waals surface area contributed by atoms with Crippen LogP contribution in [0.15, 0.2) is 11.1 Å². The summed E-state index contributed by atoms with van der Waals surface area (Å²) in [6.07, 6.45) is -17.0. The lowest BCUT2D eigenvalue weighted by Crippen LogP contribution is -2.72. The molecule has 4 saturated carbocycles. The van der Waals surface area contributed by atoms with E-state index in [1.807, 2.05) is 6.92 Å². The van der Waals surface area contributed by atoms with E-state index in [4.69, 9.17) is 33.2 Å². The lowest BCUT2D eigenvalue weighted by Gasteiger charge is -2.73. The number of aliphatic hydroxyl groups is 10. The molecule has 18 nitrogen and oxygen atoms in total. The second kappa shape index (κ2) is 16.0. The molecule has 0 aromatic heterocycles. The topological polar surface area (TPSA) is 284 Å². The molecule has 10 aliphatic rings. The predicted molar refractivity (Wildman–Crippen MR) is 224 cm³/mol. The fourth-order valence-corrected chi connectivity index (χ4v) is 15.3. The van der Waals surface area contributed by atoms with Crippen LogP contribution >= 0.6 is 0 Å². The van der Waals surface area contributed by atoms with Crippen molar-refractivity contribution >= 4 is 5.97 Å². The molecule has 0 aromatic carbocycles. The molecule has 1 spiro atoms. The summed E-state index contributed by atoms with van der Waals surface area (Å²) >= 11 is 0. The summed E-state index contributed by atoms with van der Waals surface area (Å²) in [6.45, 7) is 15.3. The molecule has 1 unspecified atom stereocenters. The molecular formula is C47H74O18. The first-order chi connectivity index (χ1) is 30.2. The van der Waals surface area contributed by atoms with Gasteiger partial charge in [0.05, 0.1) is 36.9 Å². The highest BCUT2D eigenvalue weighted by Crippen LogP contribution is 2.77. The van der Waals surface area contributed by atoms with Crippen LogP contribution in [0.25, 0.3) is 0 Å². The van der Waals surface area contributed by atoms with E-state index in [-0.39, 0.29) is 35.2 Å². The van der Waals surface area contributed by atoms with E-state index in [2.05, 4.69) is 34.6 Å². The van der Waals surface area contributed by atoms with E-state index in [1.165, 1.54) is 6.92 Å². The summed E-state index contributed by atoms with van der Waals surface area (Å²) < 4.78 is 43.0. The molecule has 18 heteroatoms. The van der Waals surface area contributed by atoms with Gasteiger partial charge in [-0.1, -0.05) is 34.6 Å². The number of esters is 1. The number of carbonyl (C=O) groups is 1. The van der Waals surface area contributed by atoms with Crippen molar-refractivity contribution in [3.05, 3.63) is 11.1 Å². The number of fused-ring (bicyclic) bond motifs is 7. The first-order valence-corrected chi connectivity index (χ1v) is 23.9. The van der Waals surface area contributed by atoms with Gasteiger partial charge in [-0.15, -0.1) is 0 Å². The number of ether oxygens (including phenoxy) is 7. The Labute approximate surface area is 380 Å². The Morgan fingerprint density at radius 1 is 0.677 bits per heavy atom. The lowest BCUT2D eigenvalue weighted by molar-refractivity contribution is -0.388. The van der Waals surface area contributed by atoms with Crippen LogP contribution in [0.3, 0.4) is 0 Å². The number of hydrogen-bond donors (Lipinski definition) is 10. The summed E-state index contributed by atoms with van der Waals surface area (Å²) in [7, 11) is 0. The molecule has 0 radical (unpaired) electrons. The summed E-state index contributed by atoms with van der Waals surface area (Å²) in [5, 5.41) is 110. The average molecular weight is 927 g/mol. The molecule has 5 heterocycles. The molecule has 10 N–H and O–H groups in total. The summed E-state index contributed by atoms with van der Waals surface area (Å²) in [5.74, 6) is -0.158. The SMILES string of the molecule is C[C@@H]1O[C@@H](O[C@H]2[C@@H](O[C@H]3CC[C@]4(C)[C@H]5C[C@@H](O)C6=C7C8(CC[C@](C)(OC8=O)[C@@]7(C)O)CC[C@@]6(C)[C@]5(C)CC[C@H]4C3(C)C)OC[C@H](O)[C@@H]2O[C@@H]2O[C@H](CO)[C@@H](O)[C@H](O)[C@H]2O)[C@H](O)[C@H](O)[C@H]1O. The molecule has 2 bridgehead atoms. The van der Waals surface area contributed by atoms with Crippen LogP contribution in [-0.2, 0) is 38.0 Å². The summed E-state index contributed by atoms with van der Waals surface area (Å²) in [6, 6.07) is 0. The Morgan fingerprint density at radius 3 is 1.97 bits per heavy atom. The zero-order valence-electron chi connectivity index (χ0n) is 38.9. The first-order valence-electron chi connectivity index (χ1n) is 23.9. The van der Waals surface area contributed by atoms with Crippen LogP contribution in [0.4, 0.5) is 0 Å². The Morgan fingerprint density at radius 2 is 1.31 bits per heavy atom. The van der Waals surface area contributed by atoms with Crippen molar-refractivity contribution in [2.75, 3.05) is 13.2 Å². The van der Waals surface area contributed by atoms with Gasteiger partial charge in [-0.25, -0.2) is 0 Å². The zero-order valence-corrected chi connectivity index (χ0v) is 38.9. The monoisotopic (exact) mass is 926 g/mol. The molecule has 370 valence electrons. The average Bonchev–Trinajstić information content (AvgIpc) is 3.24. The third-order valence-corrected chi connectivity index (χ3v) is 19.6. The smallest absolute Gasteiger partial charge is 0.317 e. The van der Waals surface area contributed by atoms with Gasteiger partial charge in [0, 0.05) is 0 Å². The maximum atomic E-state index is 13.8. The van der Waals surface area contributed by atoms with Gasteiger partial charge in [-0.2, -0.15) is 0 Å². The molecule has 5 saturated heterocycles. The van der Waals surface area contributed by atoms with E-state index < -0.39 is 132 Å². The fraction of sp³-hybridized carbons (Fsp3) is 0.936. The number of aliphatic hydroxyl groups excluding tert-OH is 9. The van der Waals surface area contributed by atoms with E-state index in [0.717, 1.165) is 18.4 Å². The Balaban J connectivity index is 1.01. The van der Waals surface area contributed by atoms with Gasteiger partial charge in [0.15, 0.2) is 18.9 Å². The Hall–Kier alpha value is -1.43. The molecule has 0 amide bonds. The van der Waals surface area contributed by atoms with Crippen molar-refractivity contribution in [3.63, 3.8) is 0 Å². The van der Waals surface area contributed by atoms with E-state index in [1.54, 1.807) is 6.92 Å². The third-order valence-electron chi connectivity index (χ3n) is 19.6. The largest absolute Gasteiger partial charge is 0.455 e.